The minimum absolute atomic E-state index is 0.197. The van der Waals surface area contributed by atoms with Crippen LogP contribution >= 0.6 is 0 Å². The van der Waals surface area contributed by atoms with Crippen molar-refractivity contribution in [3.63, 3.8) is 0 Å². The van der Waals surface area contributed by atoms with Gasteiger partial charge in [0.25, 0.3) is 5.91 Å². The summed E-state index contributed by atoms with van der Waals surface area (Å²) in [7, 11) is 1.91. The summed E-state index contributed by atoms with van der Waals surface area (Å²) < 4.78 is 7.40. The van der Waals surface area contributed by atoms with Gasteiger partial charge in [-0.3, -0.25) is 14.5 Å². The monoisotopic (exact) mass is 446 g/mol. The van der Waals surface area contributed by atoms with Crippen molar-refractivity contribution in [2.24, 2.45) is 7.05 Å². The molecule has 4 heterocycles. The minimum Gasteiger partial charge on any atom is -0.444 e. The summed E-state index contributed by atoms with van der Waals surface area (Å²) in [6.07, 6.45) is 4.13. The van der Waals surface area contributed by atoms with Gasteiger partial charge in [0.2, 0.25) is 5.89 Å². The first-order chi connectivity index (χ1) is 15.9. The zero-order valence-electron chi connectivity index (χ0n) is 18.9. The van der Waals surface area contributed by atoms with Crippen molar-refractivity contribution < 1.29 is 14.3 Å². The zero-order chi connectivity index (χ0) is 23.1. The van der Waals surface area contributed by atoms with Gasteiger partial charge in [0.1, 0.15) is 6.26 Å². The van der Waals surface area contributed by atoms with Crippen molar-refractivity contribution in [2.45, 2.75) is 32.8 Å². The first kappa shape index (κ1) is 21.1. The molecule has 0 bridgehead atoms. The Bertz CT molecular complexity index is 1330. The van der Waals surface area contributed by atoms with E-state index < -0.39 is 0 Å². The number of aryl methyl sites for hydroxylation is 3. The molecular weight excluding hydrogens is 420 g/mol. The van der Waals surface area contributed by atoms with Crippen LogP contribution < -0.4 is 10.2 Å². The third-order valence-electron chi connectivity index (χ3n) is 6.18. The number of nitrogens with one attached hydrogen (secondary N) is 1. The molecule has 1 amide bonds. The average Bonchev–Trinajstić information content (AvgIpc) is 3.40. The van der Waals surface area contributed by atoms with Gasteiger partial charge in [0, 0.05) is 48.7 Å². The predicted molar refractivity (Wildman–Crippen MR) is 125 cm³/mol. The number of hydrogen-bond donors (Lipinski definition) is 2. The molecule has 0 aliphatic carbocycles. The fourth-order valence-electron chi connectivity index (χ4n) is 4.20. The number of hydrogen-bond acceptors (Lipinski definition) is 7. The van der Waals surface area contributed by atoms with Gasteiger partial charge in [-0.15, -0.1) is 0 Å². The lowest BCUT2D eigenvalue weighted by Crippen LogP contribution is -2.36. The maximum absolute atomic E-state index is 13.1. The van der Waals surface area contributed by atoms with Gasteiger partial charge in [-0.25, -0.2) is 4.98 Å². The zero-order valence-corrected chi connectivity index (χ0v) is 18.9. The Balaban J connectivity index is 1.48. The molecule has 1 saturated heterocycles. The molecule has 0 unspecified atom stereocenters. The van der Waals surface area contributed by atoms with Crippen molar-refractivity contribution in [1.29, 1.82) is 0 Å². The number of aromatic nitrogens is 4. The molecule has 1 fully saturated rings. The van der Waals surface area contributed by atoms with E-state index in [1.54, 1.807) is 12.3 Å². The number of aliphatic hydroxyl groups is 1. The van der Waals surface area contributed by atoms with E-state index in [1.165, 1.54) is 6.26 Å². The van der Waals surface area contributed by atoms with E-state index in [1.807, 2.05) is 43.8 Å². The molecule has 2 N–H and O–H groups in total. The molecule has 170 valence electrons. The van der Waals surface area contributed by atoms with Crippen molar-refractivity contribution >= 4 is 28.2 Å². The number of carbonyl (C=O) groups is 1. The normalized spacial score (nSPS) is 14.7. The van der Waals surface area contributed by atoms with E-state index in [0.717, 1.165) is 33.5 Å². The van der Waals surface area contributed by atoms with Crippen LogP contribution in [0.15, 0.2) is 41.1 Å². The highest BCUT2D eigenvalue weighted by atomic mass is 16.3. The van der Waals surface area contributed by atoms with Gasteiger partial charge in [-0.2, -0.15) is 5.10 Å². The third kappa shape index (κ3) is 4.07. The first-order valence-corrected chi connectivity index (χ1v) is 11.0. The molecule has 33 heavy (non-hydrogen) atoms. The standard InChI is InChI=1S/C24H26N6O3/c1-14-10-16(4-7-25-14)24-27-21(13-33-24)23(32)26-20-11-18-15(2)29(3)28-19(18)12-22(20)30-8-5-17(31)6-9-30/h4,7,10-13,17,31H,5-6,8-9H2,1-3H3,(H,26,32). The highest BCUT2D eigenvalue weighted by Gasteiger charge is 2.23. The van der Waals surface area contributed by atoms with Crippen LogP contribution in [0.5, 0.6) is 0 Å². The number of amides is 1. The fourth-order valence-corrected chi connectivity index (χ4v) is 4.20. The van der Waals surface area contributed by atoms with Crippen molar-refractivity contribution in [2.75, 3.05) is 23.3 Å². The van der Waals surface area contributed by atoms with Crippen LogP contribution in [0.3, 0.4) is 0 Å². The molecule has 9 heteroatoms. The molecule has 4 aromatic rings. The van der Waals surface area contributed by atoms with Gasteiger partial charge in [-0.05, 0) is 51.0 Å². The number of pyridine rings is 1. The molecular formula is C24H26N6O3. The van der Waals surface area contributed by atoms with Gasteiger partial charge >= 0.3 is 0 Å². The Hall–Kier alpha value is -3.72. The summed E-state index contributed by atoms with van der Waals surface area (Å²) in [4.78, 5) is 23.9. The number of anilines is 2. The fraction of sp³-hybridized carbons (Fsp3) is 0.333. The van der Waals surface area contributed by atoms with E-state index in [9.17, 15) is 9.90 Å². The second-order valence-electron chi connectivity index (χ2n) is 8.49. The summed E-state index contributed by atoms with van der Waals surface area (Å²) in [5, 5.41) is 18.5. The van der Waals surface area contributed by atoms with Crippen LogP contribution in [0.2, 0.25) is 0 Å². The van der Waals surface area contributed by atoms with Crippen molar-refractivity contribution in [3.05, 3.63) is 53.8 Å². The number of benzene rings is 1. The Morgan fingerprint density at radius 3 is 2.76 bits per heavy atom. The Kier molecular flexibility index (Phi) is 5.33. The number of oxazole rings is 1. The first-order valence-electron chi connectivity index (χ1n) is 11.0. The number of nitrogens with zero attached hydrogens (tertiary/aromatic N) is 5. The van der Waals surface area contributed by atoms with Crippen LogP contribution in [0.4, 0.5) is 11.4 Å². The molecule has 1 aliphatic rings. The number of aliphatic hydroxyl groups excluding tert-OH is 1. The average molecular weight is 447 g/mol. The quantitative estimate of drug-likeness (QED) is 0.494. The molecule has 9 nitrogen and oxygen atoms in total. The highest BCUT2D eigenvalue weighted by molar-refractivity contribution is 6.06. The van der Waals surface area contributed by atoms with Crippen LogP contribution in [0.25, 0.3) is 22.4 Å². The summed E-state index contributed by atoms with van der Waals surface area (Å²) in [5.74, 6) is 0.0180. The highest BCUT2D eigenvalue weighted by Crippen LogP contribution is 2.34. The Morgan fingerprint density at radius 2 is 2.00 bits per heavy atom. The van der Waals surface area contributed by atoms with Crippen LogP contribution in [0, 0.1) is 13.8 Å². The number of carbonyl (C=O) groups excluding carboxylic acids is 1. The second kappa shape index (κ2) is 8.32. The lowest BCUT2D eigenvalue weighted by Gasteiger charge is -2.32. The van der Waals surface area contributed by atoms with Gasteiger partial charge in [0.05, 0.1) is 23.0 Å². The largest absolute Gasteiger partial charge is 0.444 e. The SMILES string of the molecule is Cc1cc(-c2nc(C(=O)Nc3cc4c(C)n(C)nc4cc3N3CCC(O)CC3)co2)ccn1. The molecule has 0 spiro atoms. The number of rotatable bonds is 4. The van der Waals surface area contributed by atoms with Crippen LogP contribution in [-0.4, -0.2) is 50.0 Å². The van der Waals surface area contributed by atoms with E-state index in [2.05, 4.69) is 25.3 Å². The van der Waals surface area contributed by atoms with Crippen LogP contribution in [-0.2, 0) is 7.05 Å². The van der Waals surface area contributed by atoms with Crippen molar-refractivity contribution in [1.82, 2.24) is 19.7 Å². The van der Waals surface area contributed by atoms with Gasteiger partial charge < -0.3 is 19.7 Å². The van der Waals surface area contributed by atoms with E-state index >= 15 is 0 Å². The number of fused-ring (bicyclic) bond motifs is 1. The molecule has 0 atom stereocenters. The van der Waals surface area contributed by atoms with E-state index in [4.69, 9.17) is 4.42 Å². The smallest absolute Gasteiger partial charge is 0.277 e. The lowest BCUT2D eigenvalue weighted by atomic mass is 10.1. The third-order valence-corrected chi connectivity index (χ3v) is 6.18. The van der Waals surface area contributed by atoms with Gasteiger partial charge in [0.15, 0.2) is 5.69 Å². The molecule has 1 aliphatic heterocycles. The maximum Gasteiger partial charge on any atom is 0.277 e. The van der Waals surface area contributed by atoms with Gasteiger partial charge in [-0.1, -0.05) is 0 Å². The lowest BCUT2D eigenvalue weighted by molar-refractivity contribution is 0.102. The summed E-state index contributed by atoms with van der Waals surface area (Å²) in [5.41, 5.74) is 5.25. The summed E-state index contributed by atoms with van der Waals surface area (Å²) in [6, 6.07) is 7.62. The topological polar surface area (TPSA) is 109 Å². The maximum atomic E-state index is 13.1. The molecule has 5 rings (SSSR count). The molecule has 0 radical (unpaired) electrons. The minimum atomic E-state index is -0.352. The van der Waals surface area contributed by atoms with Crippen molar-refractivity contribution in [3.8, 4) is 11.5 Å². The van der Waals surface area contributed by atoms with E-state index in [0.29, 0.717) is 37.5 Å². The van der Waals surface area contributed by atoms with E-state index in [-0.39, 0.29) is 17.7 Å². The summed E-state index contributed by atoms with van der Waals surface area (Å²) >= 11 is 0. The van der Waals surface area contributed by atoms with Crippen LogP contribution in [0.1, 0.15) is 34.7 Å². The Morgan fingerprint density at radius 1 is 1.21 bits per heavy atom. The Labute approximate surface area is 191 Å². The second-order valence-corrected chi connectivity index (χ2v) is 8.49. The number of piperidine rings is 1. The molecule has 3 aromatic heterocycles. The molecule has 1 aromatic carbocycles. The summed E-state index contributed by atoms with van der Waals surface area (Å²) in [6.45, 7) is 5.30. The molecule has 0 saturated carbocycles. The predicted octanol–water partition coefficient (Wildman–Crippen LogP) is 3.45.